The zero-order chi connectivity index (χ0) is 10.1. The zero-order valence-corrected chi connectivity index (χ0v) is 7.95. The highest BCUT2D eigenvalue weighted by molar-refractivity contribution is 5.80. The number of aromatic nitrogens is 1. The number of nitrogens with zero attached hydrogens (tertiary/aromatic N) is 1. The van der Waals surface area contributed by atoms with Gasteiger partial charge >= 0.3 is 5.97 Å². The molecule has 0 fully saturated rings. The van der Waals surface area contributed by atoms with Gasteiger partial charge < -0.3 is 10.4 Å². The van der Waals surface area contributed by atoms with Crippen molar-refractivity contribution in [1.82, 2.24) is 4.98 Å². The predicted octanol–water partition coefficient (Wildman–Crippen LogP) is 1.07. The van der Waals surface area contributed by atoms with E-state index in [-0.39, 0.29) is 0 Å². The second kappa shape index (κ2) is 3.29. The van der Waals surface area contributed by atoms with Gasteiger partial charge in [0, 0.05) is 18.2 Å². The monoisotopic (exact) mass is 192 g/mol. The lowest BCUT2D eigenvalue weighted by molar-refractivity contribution is -0.137. The predicted molar refractivity (Wildman–Crippen MR) is 52.4 cm³/mol. The molecule has 2 N–H and O–H groups in total. The molecule has 4 nitrogen and oxygen atoms in total. The van der Waals surface area contributed by atoms with Crippen molar-refractivity contribution in [3.63, 3.8) is 0 Å². The van der Waals surface area contributed by atoms with Gasteiger partial charge in [-0.25, -0.2) is 9.78 Å². The number of carbonyl (C=O) groups is 1. The van der Waals surface area contributed by atoms with Crippen molar-refractivity contribution in [3.05, 3.63) is 23.4 Å². The third-order valence-electron chi connectivity index (χ3n) is 2.55. The summed E-state index contributed by atoms with van der Waals surface area (Å²) in [5.74, 6) is -0.0817. The lowest BCUT2D eigenvalue weighted by Gasteiger charge is -2.02. The lowest BCUT2D eigenvalue weighted by Crippen LogP contribution is -2.26. The average molecular weight is 192 g/mol. The Kier molecular flexibility index (Phi) is 2.11. The van der Waals surface area contributed by atoms with Crippen LogP contribution in [0, 0.1) is 0 Å². The number of aliphatic carboxylic acids is 1. The first-order chi connectivity index (χ1) is 6.72. The highest BCUT2D eigenvalue weighted by Crippen LogP contribution is 2.26. The molecule has 0 bridgehead atoms. The normalized spacial score (nSPS) is 18.8. The summed E-state index contributed by atoms with van der Waals surface area (Å²) in [5, 5.41) is 11.8. The third-order valence-corrected chi connectivity index (χ3v) is 2.55. The van der Waals surface area contributed by atoms with E-state index in [0.717, 1.165) is 17.8 Å². The molecule has 1 aromatic heterocycles. The Morgan fingerprint density at radius 3 is 3.21 bits per heavy atom. The number of carboxylic acids is 1. The summed E-state index contributed by atoms with van der Waals surface area (Å²) in [7, 11) is 0. The molecule has 2 heterocycles. The van der Waals surface area contributed by atoms with Crippen LogP contribution in [0.4, 0.5) is 5.82 Å². The molecule has 0 aliphatic carbocycles. The molecule has 1 atom stereocenters. The highest BCUT2D eigenvalue weighted by Gasteiger charge is 2.28. The van der Waals surface area contributed by atoms with Crippen LogP contribution < -0.4 is 5.32 Å². The standard InChI is InChI=1S/C10H12N2O2/c1-2-6-3-4-11-9-7(6)5-8(12-9)10(13)14/h3-4,8H,2,5H2,1H3,(H,11,12)(H,13,14)/t8-/m1/s1. The van der Waals surface area contributed by atoms with Gasteiger partial charge in [0.1, 0.15) is 11.9 Å². The van der Waals surface area contributed by atoms with Crippen LogP contribution in [0.25, 0.3) is 0 Å². The fourth-order valence-electron chi connectivity index (χ4n) is 1.78. The molecule has 14 heavy (non-hydrogen) atoms. The van der Waals surface area contributed by atoms with E-state index in [1.54, 1.807) is 6.20 Å². The van der Waals surface area contributed by atoms with Gasteiger partial charge in [-0.3, -0.25) is 0 Å². The molecule has 0 saturated carbocycles. The maximum absolute atomic E-state index is 10.8. The van der Waals surface area contributed by atoms with Crippen LogP contribution in [-0.4, -0.2) is 22.1 Å². The summed E-state index contributed by atoms with van der Waals surface area (Å²) in [6, 6.07) is 1.44. The molecule has 1 aromatic rings. The summed E-state index contributed by atoms with van der Waals surface area (Å²) < 4.78 is 0. The third kappa shape index (κ3) is 1.32. The summed E-state index contributed by atoms with van der Waals surface area (Å²) in [4.78, 5) is 14.9. The number of aryl methyl sites for hydroxylation is 1. The van der Waals surface area contributed by atoms with Gasteiger partial charge in [0.15, 0.2) is 0 Å². The van der Waals surface area contributed by atoms with Crippen molar-refractivity contribution in [3.8, 4) is 0 Å². The van der Waals surface area contributed by atoms with Gasteiger partial charge in [-0.2, -0.15) is 0 Å². The van der Waals surface area contributed by atoms with Crippen molar-refractivity contribution in [2.75, 3.05) is 5.32 Å². The number of nitrogens with one attached hydrogen (secondary N) is 1. The van der Waals surface area contributed by atoms with Gasteiger partial charge in [-0.1, -0.05) is 6.92 Å². The van der Waals surface area contributed by atoms with Crippen LogP contribution in [0.2, 0.25) is 0 Å². The molecule has 0 unspecified atom stereocenters. The van der Waals surface area contributed by atoms with Gasteiger partial charge in [-0.05, 0) is 18.1 Å². The molecular formula is C10H12N2O2. The molecule has 0 aromatic carbocycles. The smallest absolute Gasteiger partial charge is 0.326 e. The maximum Gasteiger partial charge on any atom is 0.326 e. The Morgan fingerprint density at radius 2 is 2.57 bits per heavy atom. The molecule has 0 saturated heterocycles. The Hall–Kier alpha value is -1.58. The molecule has 4 heteroatoms. The van der Waals surface area contributed by atoms with E-state index in [1.807, 2.05) is 6.07 Å². The van der Waals surface area contributed by atoms with Gasteiger partial charge in [0.05, 0.1) is 0 Å². The fourth-order valence-corrected chi connectivity index (χ4v) is 1.78. The quantitative estimate of drug-likeness (QED) is 0.735. The number of rotatable bonds is 2. The van der Waals surface area contributed by atoms with E-state index >= 15 is 0 Å². The number of hydrogen-bond acceptors (Lipinski definition) is 3. The Morgan fingerprint density at radius 1 is 1.79 bits per heavy atom. The van der Waals surface area contributed by atoms with Crippen LogP contribution in [0.15, 0.2) is 12.3 Å². The van der Waals surface area contributed by atoms with Gasteiger partial charge in [0.2, 0.25) is 0 Å². The van der Waals surface area contributed by atoms with Crippen LogP contribution in [0.5, 0.6) is 0 Å². The first-order valence-corrected chi connectivity index (χ1v) is 4.68. The first-order valence-electron chi connectivity index (χ1n) is 4.68. The van der Waals surface area contributed by atoms with Crippen LogP contribution in [0.1, 0.15) is 18.1 Å². The second-order valence-electron chi connectivity index (χ2n) is 3.39. The van der Waals surface area contributed by atoms with Crippen LogP contribution >= 0.6 is 0 Å². The SMILES string of the molecule is CCc1ccnc2c1C[C@H](C(=O)O)N2. The molecule has 1 aliphatic heterocycles. The number of hydrogen-bond donors (Lipinski definition) is 2. The van der Waals surface area contributed by atoms with E-state index in [0.29, 0.717) is 6.42 Å². The number of carboxylic acid groups (broad SMARTS) is 1. The molecule has 0 radical (unpaired) electrons. The largest absolute Gasteiger partial charge is 0.480 e. The summed E-state index contributed by atoms with van der Waals surface area (Å²) in [6.45, 7) is 2.06. The molecule has 74 valence electrons. The topological polar surface area (TPSA) is 62.2 Å². The van der Waals surface area contributed by atoms with E-state index in [1.165, 1.54) is 5.56 Å². The minimum absolute atomic E-state index is 0.509. The molecule has 0 spiro atoms. The Labute approximate surface area is 82.0 Å². The van der Waals surface area contributed by atoms with Crippen molar-refractivity contribution in [2.24, 2.45) is 0 Å². The van der Waals surface area contributed by atoms with Crippen molar-refractivity contribution in [2.45, 2.75) is 25.8 Å². The Bertz CT molecular complexity index is 376. The number of pyridine rings is 1. The number of fused-ring (bicyclic) bond motifs is 1. The zero-order valence-electron chi connectivity index (χ0n) is 7.95. The van der Waals surface area contributed by atoms with Crippen LogP contribution in [-0.2, 0) is 17.6 Å². The first kappa shape index (κ1) is 8.99. The van der Waals surface area contributed by atoms with Gasteiger partial charge in [0.25, 0.3) is 0 Å². The molecule has 0 amide bonds. The van der Waals surface area contributed by atoms with E-state index in [9.17, 15) is 4.79 Å². The molecule has 1 aliphatic rings. The summed E-state index contributed by atoms with van der Waals surface area (Å²) in [5.41, 5.74) is 2.24. The Balaban J connectivity index is 2.34. The molecule has 2 rings (SSSR count). The molecular weight excluding hydrogens is 180 g/mol. The van der Waals surface area contributed by atoms with Crippen molar-refractivity contribution >= 4 is 11.8 Å². The second-order valence-corrected chi connectivity index (χ2v) is 3.39. The van der Waals surface area contributed by atoms with Gasteiger partial charge in [-0.15, -0.1) is 0 Å². The highest BCUT2D eigenvalue weighted by atomic mass is 16.4. The minimum atomic E-state index is -0.815. The maximum atomic E-state index is 10.8. The lowest BCUT2D eigenvalue weighted by atomic mass is 10.0. The number of anilines is 1. The van der Waals surface area contributed by atoms with Crippen LogP contribution in [0.3, 0.4) is 0 Å². The fraction of sp³-hybridized carbons (Fsp3) is 0.400. The van der Waals surface area contributed by atoms with Crippen molar-refractivity contribution < 1.29 is 9.90 Å². The summed E-state index contributed by atoms with van der Waals surface area (Å²) >= 11 is 0. The van der Waals surface area contributed by atoms with E-state index < -0.39 is 12.0 Å². The van der Waals surface area contributed by atoms with E-state index in [2.05, 4.69) is 17.2 Å². The van der Waals surface area contributed by atoms with Crippen molar-refractivity contribution in [1.29, 1.82) is 0 Å². The summed E-state index contributed by atoms with van der Waals surface area (Å²) in [6.07, 6.45) is 3.18. The average Bonchev–Trinajstić information content (AvgIpc) is 2.60. The van der Waals surface area contributed by atoms with E-state index in [4.69, 9.17) is 5.11 Å². The minimum Gasteiger partial charge on any atom is -0.480 e.